The van der Waals surface area contributed by atoms with Gasteiger partial charge >= 0.3 is 0 Å². The molecule has 1 heterocycles. The summed E-state index contributed by atoms with van der Waals surface area (Å²) in [5.41, 5.74) is 2.70. The fourth-order valence-corrected chi connectivity index (χ4v) is 2.55. The van der Waals surface area contributed by atoms with E-state index >= 15 is 0 Å². The average Bonchev–Trinajstić information content (AvgIpc) is 2.82. The van der Waals surface area contributed by atoms with Crippen molar-refractivity contribution >= 4 is 39.9 Å². The summed E-state index contributed by atoms with van der Waals surface area (Å²) in [6, 6.07) is 13.4. The Morgan fingerprint density at radius 3 is 2.47 bits per heavy atom. The first-order valence-electron chi connectivity index (χ1n) is 5.88. The molecule has 0 aliphatic carbocycles. The summed E-state index contributed by atoms with van der Waals surface area (Å²) in [5, 5.41) is 5.57. The third kappa shape index (κ3) is 2.42. The summed E-state index contributed by atoms with van der Waals surface area (Å²) >= 11 is 12.2. The summed E-state index contributed by atoms with van der Waals surface area (Å²) in [5.74, 6) is 0. The standard InChI is InChI=1S/C15H11Cl2NO/c16-12-5-3-6-13(17)15(12)18-8-10-9-19-14-7-2-1-4-11(10)14/h1-7,9,18H,8H2. The third-order valence-corrected chi connectivity index (χ3v) is 3.61. The summed E-state index contributed by atoms with van der Waals surface area (Å²) in [4.78, 5) is 0. The molecule has 2 nitrogen and oxygen atoms in total. The van der Waals surface area contributed by atoms with Crippen molar-refractivity contribution in [2.24, 2.45) is 0 Å². The molecule has 0 radical (unpaired) electrons. The van der Waals surface area contributed by atoms with Crippen molar-refractivity contribution < 1.29 is 4.42 Å². The van der Waals surface area contributed by atoms with Crippen LogP contribution in [0, 0.1) is 0 Å². The van der Waals surface area contributed by atoms with Gasteiger partial charge in [0.25, 0.3) is 0 Å². The Morgan fingerprint density at radius 2 is 1.68 bits per heavy atom. The largest absolute Gasteiger partial charge is 0.464 e. The quantitative estimate of drug-likeness (QED) is 0.703. The number of para-hydroxylation sites is 2. The molecule has 0 amide bonds. The van der Waals surface area contributed by atoms with Crippen molar-refractivity contribution in [2.75, 3.05) is 5.32 Å². The lowest BCUT2D eigenvalue weighted by atomic mass is 10.2. The Bertz CT molecular complexity index is 701. The molecule has 0 fully saturated rings. The predicted octanol–water partition coefficient (Wildman–Crippen LogP) is 5.35. The lowest BCUT2D eigenvalue weighted by Gasteiger charge is -2.09. The van der Waals surface area contributed by atoms with E-state index in [4.69, 9.17) is 27.6 Å². The van der Waals surface area contributed by atoms with Crippen LogP contribution < -0.4 is 5.32 Å². The Hall–Kier alpha value is -1.64. The highest BCUT2D eigenvalue weighted by atomic mass is 35.5. The van der Waals surface area contributed by atoms with E-state index in [1.54, 1.807) is 6.26 Å². The van der Waals surface area contributed by atoms with Gasteiger partial charge in [0, 0.05) is 17.5 Å². The Labute approximate surface area is 120 Å². The number of furan rings is 1. The van der Waals surface area contributed by atoms with Crippen molar-refractivity contribution in [3.05, 3.63) is 64.3 Å². The van der Waals surface area contributed by atoms with E-state index in [1.807, 2.05) is 42.5 Å². The third-order valence-electron chi connectivity index (χ3n) is 2.98. The number of hydrogen-bond donors (Lipinski definition) is 1. The van der Waals surface area contributed by atoms with Gasteiger partial charge in [-0.15, -0.1) is 0 Å². The van der Waals surface area contributed by atoms with Crippen LogP contribution in [0.1, 0.15) is 5.56 Å². The predicted molar refractivity (Wildman–Crippen MR) is 80.0 cm³/mol. The Balaban J connectivity index is 1.87. The Kier molecular flexibility index (Phi) is 3.36. The van der Waals surface area contributed by atoms with Crippen molar-refractivity contribution in [2.45, 2.75) is 6.54 Å². The van der Waals surface area contributed by atoms with Gasteiger partial charge in [-0.05, 0) is 18.2 Å². The SMILES string of the molecule is Clc1cccc(Cl)c1NCc1coc2ccccc12. The van der Waals surface area contributed by atoms with Gasteiger partial charge < -0.3 is 9.73 Å². The van der Waals surface area contributed by atoms with Crippen LogP contribution in [-0.4, -0.2) is 0 Å². The monoisotopic (exact) mass is 291 g/mol. The number of hydrogen-bond acceptors (Lipinski definition) is 2. The average molecular weight is 292 g/mol. The molecule has 0 atom stereocenters. The van der Waals surface area contributed by atoms with Gasteiger partial charge in [-0.2, -0.15) is 0 Å². The van der Waals surface area contributed by atoms with Crippen LogP contribution in [0.4, 0.5) is 5.69 Å². The highest BCUT2D eigenvalue weighted by Gasteiger charge is 2.08. The first kappa shape index (κ1) is 12.4. The second kappa shape index (κ2) is 5.16. The minimum atomic E-state index is 0.611. The van der Waals surface area contributed by atoms with E-state index < -0.39 is 0 Å². The molecule has 2 aromatic carbocycles. The fraction of sp³-hybridized carbons (Fsp3) is 0.0667. The highest BCUT2D eigenvalue weighted by molar-refractivity contribution is 6.39. The zero-order valence-electron chi connectivity index (χ0n) is 9.99. The maximum atomic E-state index is 6.12. The van der Waals surface area contributed by atoms with Gasteiger partial charge in [0.05, 0.1) is 22.0 Å². The molecule has 1 N–H and O–H groups in total. The molecule has 0 spiro atoms. The van der Waals surface area contributed by atoms with Crippen LogP contribution in [0.2, 0.25) is 10.0 Å². The van der Waals surface area contributed by atoms with E-state index in [0.29, 0.717) is 16.6 Å². The second-order valence-corrected chi connectivity index (χ2v) is 5.02. The van der Waals surface area contributed by atoms with Gasteiger partial charge in [-0.3, -0.25) is 0 Å². The van der Waals surface area contributed by atoms with E-state index in [-0.39, 0.29) is 0 Å². The highest BCUT2D eigenvalue weighted by Crippen LogP contribution is 2.31. The van der Waals surface area contributed by atoms with Gasteiger partial charge in [0.2, 0.25) is 0 Å². The molecule has 3 aromatic rings. The molecule has 0 aliphatic heterocycles. The summed E-state index contributed by atoms with van der Waals surface area (Å²) < 4.78 is 5.49. The molecule has 0 saturated carbocycles. The molecule has 0 aliphatic rings. The summed E-state index contributed by atoms with van der Waals surface area (Å²) in [7, 11) is 0. The number of anilines is 1. The van der Waals surface area contributed by atoms with E-state index in [9.17, 15) is 0 Å². The molecule has 3 rings (SSSR count). The van der Waals surface area contributed by atoms with Crippen molar-refractivity contribution in [1.29, 1.82) is 0 Å². The zero-order chi connectivity index (χ0) is 13.2. The minimum absolute atomic E-state index is 0.611. The lowest BCUT2D eigenvalue weighted by molar-refractivity contribution is 0.611. The summed E-state index contributed by atoms with van der Waals surface area (Å²) in [6.45, 7) is 0.612. The van der Waals surface area contributed by atoms with Gasteiger partial charge in [0.1, 0.15) is 5.58 Å². The number of halogens is 2. The van der Waals surface area contributed by atoms with Gasteiger partial charge in [0.15, 0.2) is 0 Å². The lowest BCUT2D eigenvalue weighted by Crippen LogP contribution is -1.99. The van der Waals surface area contributed by atoms with Crippen molar-refractivity contribution in [1.82, 2.24) is 0 Å². The van der Waals surface area contributed by atoms with Crippen LogP contribution >= 0.6 is 23.2 Å². The van der Waals surface area contributed by atoms with E-state index in [0.717, 1.165) is 22.2 Å². The molecule has 19 heavy (non-hydrogen) atoms. The second-order valence-electron chi connectivity index (χ2n) is 4.21. The van der Waals surface area contributed by atoms with Crippen LogP contribution in [0.25, 0.3) is 11.0 Å². The zero-order valence-corrected chi connectivity index (χ0v) is 11.5. The first-order valence-corrected chi connectivity index (χ1v) is 6.64. The topological polar surface area (TPSA) is 25.2 Å². The molecule has 1 aromatic heterocycles. The van der Waals surface area contributed by atoms with Gasteiger partial charge in [-0.25, -0.2) is 0 Å². The number of rotatable bonds is 3. The fourth-order valence-electron chi connectivity index (χ4n) is 2.02. The first-order chi connectivity index (χ1) is 9.25. The van der Waals surface area contributed by atoms with Crippen LogP contribution in [0.5, 0.6) is 0 Å². The molecular formula is C15H11Cl2NO. The van der Waals surface area contributed by atoms with E-state index in [2.05, 4.69) is 5.32 Å². The molecule has 96 valence electrons. The number of benzene rings is 2. The molecule has 0 bridgehead atoms. The molecule has 0 saturated heterocycles. The van der Waals surface area contributed by atoms with E-state index in [1.165, 1.54) is 0 Å². The molecule has 4 heteroatoms. The van der Waals surface area contributed by atoms with Crippen molar-refractivity contribution in [3.8, 4) is 0 Å². The van der Waals surface area contributed by atoms with Crippen LogP contribution in [-0.2, 0) is 6.54 Å². The number of fused-ring (bicyclic) bond motifs is 1. The minimum Gasteiger partial charge on any atom is -0.464 e. The Morgan fingerprint density at radius 1 is 0.947 bits per heavy atom. The van der Waals surface area contributed by atoms with Crippen molar-refractivity contribution in [3.63, 3.8) is 0 Å². The maximum absolute atomic E-state index is 6.12. The summed E-state index contributed by atoms with van der Waals surface area (Å²) in [6.07, 6.45) is 1.75. The number of nitrogens with one attached hydrogen (secondary N) is 1. The molecule has 0 unspecified atom stereocenters. The maximum Gasteiger partial charge on any atom is 0.134 e. The van der Waals surface area contributed by atoms with Crippen LogP contribution in [0.15, 0.2) is 53.1 Å². The smallest absolute Gasteiger partial charge is 0.134 e. The van der Waals surface area contributed by atoms with Gasteiger partial charge in [-0.1, -0.05) is 47.5 Å². The molecular weight excluding hydrogens is 281 g/mol. The van der Waals surface area contributed by atoms with Crippen LogP contribution in [0.3, 0.4) is 0 Å². The normalized spacial score (nSPS) is 10.8.